The third-order valence-electron chi connectivity index (χ3n) is 3.01. The van der Waals surface area contributed by atoms with E-state index in [1.54, 1.807) is 19.1 Å². The van der Waals surface area contributed by atoms with E-state index in [4.69, 9.17) is 10.8 Å². The van der Waals surface area contributed by atoms with Gasteiger partial charge in [0.2, 0.25) is 10.0 Å². The number of nitrogens with zero attached hydrogens (tertiary/aromatic N) is 1. The molecule has 0 aliphatic carbocycles. The van der Waals surface area contributed by atoms with Crippen LogP contribution in [-0.2, 0) is 16.4 Å². The summed E-state index contributed by atoms with van der Waals surface area (Å²) < 4.78 is 26.6. The molecular weight excluding hydrogens is 264 g/mol. The zero-order valence-corrected chi connectivity index (χ0v) is 12.3. The van der Waals surface area contributed by atoms with Gasteiger partial charge in [0.15, 0.2) is 0 Å². The molecule has 0 unspecified atom stereocenters. The Labute approximate surface area is 115 Å². The second kappa shape index (κ2) is 6.88. The van der Waals surface area contributed by atoms with Gasteiger partial charge in [-0.25, -0.2) is 8.42 Å². The van der Waals surface area contributed by atoms with Crippen LogP contribution in [0.25, 0.3) is 0 Å². The van der Waals surface area contributed by atoms with Gasteiger partial charge in [-0.1, -0.05) is 19.9 Å². The van der Waals surface area contributed by atoms with Gasteiger partial charge in [-0.2, -0.15) is 4.31 Å². The average Bonchev–Trinajstić information content (AvgIpc) is 2.39. The molecule has 0 atom stereocenters. The van der Waals surface area contributed by atoms with Gasteiger partial charge < -0.3 is 10.8 Å². The number of hydrogen-bond acceptors (Lipinski definition) is 4. The number of benzene rings is 1. The number of rotatable bonds is 7. The summed E-state index contributed by atoms with van der Waals surface area (Å²) in [5.41, 5.74) is 6.90. The largest absolute Gasteiger partial charge is 0.399 e. The van der Waals surface area contributed by atoms with Gasteiger partial charge in [0.05, 0.1) is 4.90 Å². The first-order valence-electron chi connectivity index (χ1n) is 6.46. The van der Waals surface area contributed by atoms with Crippen molar-refractivity contribution in [2.45, 2.75) is 31.6 Å². The topological polar surface area (TPSA) is 83.6 Å². The van der Waals surface area contributed by atoms with Crippen LogP contribution >= 0.6 is 0 Å². The van der Waals surface area contributed by atoms with E-state index < -0.39 is 10.0 Å². The Hall–Kier alpha value is -1.11. The van der Waals surface area contributed by atoms with E-state index in [1.807, 2.05) is 6.92 Å². The number of sulfonamides is 1. The SMILES string of the molecule is CCc1ccc(N)cc1S(=O)(=O)N(CC)CCCO. The molecule has 0 spiro atoms. The first-order valence-corrected chi connectivity index (χ1v) is 7.90. The quantitative estimate of drug-likeness (QED) is 0.738. The zero-order chi connectivity index (χ0) is 14.5. The van der Waals surface area contributed by atoms with Crippen molar-refractivity contribution in [2.75, 3.05) is 25.4 Å². The molecule has 1 rings (SSSR count). The number of nitrogens with two attached hydrogens (primary N) is 1. The molecule has 0 heterocycles. The Balaban J connectivity index is 3.20. The highest BCUT2D eigenvalue weighted by Crippen LogP contribution is 2.23. The Bertz CT molecular complexity index is 515. The van der Waals surface area contributed by atoms with Gasteiger partial charge in [0.1, 0.15) is 0 Å². The second-order valence-electron chi connectivity index (χ2n) is 4.29. The van der Waals surface area contributed by atoms with Crippen LogP contribution in [0.3, 0.4) is 0 Å². The summed E-state index contributed by atoms with van der Waals surface area (Å²) in [7, 11) is -3.55. The maximum atomic E-state index is 12.6. The molecule has 1 aromatic rings. The van der Waals surface area contributed by atoms with E-state index in [0.29, 0.717) is 31.6 Å². The third-order valence-corrected chi connectivity index (χ3v) is 5.06. The summed E-state index contributed by atoms with van der Waals surface area (Å²) in [5.74, 6) is 0. The Kier molecular flexibility index (Phi) is 5.78. The summed E-state index contributed by atoms with van der Waals surface area (Å²) in [6, 6.07) is 4.97. The normalized spacial score (nSPS) is 12.0. The molecule has 0 amide bonds. The van der Waals surface area contributed by atoms with Crippen LogP contribution in [0.4, 0.5) is 5.69 Å². The van der Waals surface area contributed by atoms with Crippen molar-refractivity contribution in [3.8, 4) is 0 Å². The first kappa shape index (κ1) is 15.9. The number of nitrogen functional groups attached to an aromatic ring is 1. The summed E-state index contributed by atoms with van der Waals surface area (Å²) in [5, 5.41) is 8.85. The van der Waals surface area contributed by atoms with E-state index in [9.17, 15) is 8.42 Å². The van der Waals surface area contributed by atoms with Crippen molar-refractivity contribution in [1.82, 2.24) is 4.31 Å². The molecule has 0 aliphatic heterocycles. The van der Waals surface area contributed by atoms with Gasteiger partial charge in [0, 0.05) is 25.4 Å². The lowest BCUT2D eigenvalue weighted by Crippen LogP contribution is -2.33. The Morgan fingerprint density at radius 1 is 1.32 bits per heavy atom. The molecule has 0 radical (unpaired) electrons. The monoisotopic (exact) mass is 286 g/mol. The summed E-state index contributed by atoms with van der Waals surface area (Å²) in [6.45, 7) is 4.36. The molecule has 3 N–H and O–H groups in total. The van der Waals surface area contributed by atoms with Crippen LogP contribution in [0.1, 0.15) is 25.8 Å². The summed E-state index contributed by atoms with van der Waals surface area (Å²) in [4.78, 5) is 0.273. The minimum absolute atomic E-state index is 0.0242. The molecular formula is C13H22N2O3S. The molecule has 108 valence electrons. The van der Waals surface area contributed by atoms with Gasteiger partial charge in [-0.3, -0.25) is 0 Å². The highest BCUT2D eigenvalue weighted by molar-refractivity contribution is 7.89. The molecule has 0 bridgehead atoms. The fourth-order valence-electron chi connectivity index (χ4n) is 1.94. The maximum Gasteiger partial charge on any atom is 0.243 e. The predicted molar refractivity (Wildman–Crippen MR) is 76.4 cm³/mol. The van der Waals surface area contributed by atoms with E-state index in [2.05, 4.69) is 0 Å². The molecule has 1 aromatic carbocycles. The van der Waals surface area contributed by atoms with Crippen LogP contribution in [0.2, 0.25) is 0 Å². The van der Waals surface area contributed by atoms with E-state index >= 15 is 0 Å². The van der Waals surface area contributed by atoms with Crippen molar-refractivity contribution in [3.05, 3.63) is 23.8 Å². The number of aryl methyl sites for hydroxylation is 1. The van der Waals surface area contributed by atoms with Crippen LogP contribution < -0.4 is 5.73 Å². The van der Waals surface area contributed by atoms with Crippen molar-refractivity contribution in [2.24, 2.45) is 0 Å². The summed E-state index contributed by atoms with van der Waals surface area (Å²) in [6.07, 6.45) is 1.06. The Morgan fingerprint density at radius 2 is 2.00 bits per heavy atom. The van der Waals surface area contributed by atoms with Crippen LogP contribution in [0.15, 0.2) is 23.1 Å². The van der Waals surface area contributed by atoms with Crippen molar-refractivity contribution in [3.63, 3.8) is 0 Å². The highest BCUT2D eigenvalue weighted by Gasteiger charge is 2.25. The average molecular weight is 286 g/mol. The lowest BCUT2D eigenvalue weighted by molar-refractivity contribution is 0.271. The standard InChI is InChI=1S/C13H22N2O3S/c1-3-11-6-7-12(14)10-13(11)19(17,18)15(4-2)8-5-9-16/h6-7,10,16H,3-5,8-9,14H2,1-2H3. The number of aliphatic hydroxyl groups is 1. The minimum Gasteiger partial charge on any atom is -0.399 e. The highest BCUT2D eigenvalue weighted by atomic mass is 32.2. The van der Waals surface area contributed by atoms with Crippen LogP contribution in [0.5, 0.6) is 0 Å². The second-order valence-corrected chi connectivity index (χ2v) is 6.20. The molecule has 0 saturated heterocycles. The van der Waals surface area contributed by atoms with Crippen LogP contribution in [-0.4, -0.2) is 37.5 Å². The lowest BCUT2D eigenvalue weighted by atomic mass is 10.1. The first-order chi connectivity index (χ1) is 8.97. The molecule has 0 aromatic heterocycles. The van der Waals surface area contributed by atoms with Gasteiger partial charge in [-0.05, 0) is 30.5 Å². The van der Waals surface area contributed by atoms with E-state index in [1.165, 1.54) is 10.4 Å². The molecule has 5 nitrogen and oxygen atoms in total. The molecule has 6 heteroatoms. The smallest absolute Gasteiger partial charge is 0.243 e. The maximum absolute atomic E-state index is 12.6. The van der Waals surface area contributed by atoms with Gasteiger partial charge in [0.25, 0.3) is 0 Å². The van der Waals surface area contributed by atoms with Crippen molar-refractivity contribution in [1.29, 1.82) is 0 Å². The van der Waals surface area contributed by atoms with Crippen molar-refractivity contribution < 1.29 is 13.5 Å². The fourth-order valence-corrected chi connectivity index (χ4v) is 3.75. The third kappa shape index (κ3) is 3.68. The van der Waals surface area contributed by atoms with E-state index in [-0.39, 0.29) is 11.5 Å². The number of hydrogen-bond donors (Lipinski definition) is 2. The molecule has 0 fully saturated rings. The summed E-state index contributed by atoms with van der Waals surface area (Å²) >= 11 is 0. The lowest BCUT2D eigenvalue weighted by Gasteiger charge is -2.21. The Morgan fingerprint density at radius 3 is 2.53 bits per heavy atom. The molecule has 19 heavy (non-hydrogen) atoms. The molecule has 0 aliphatic rings. The zero-order valence-electron chi connectivity index (χ0n) is 11.5. The van der Waals surface area contributed by atoms with Gasteiger partial charge in [-0.15, -0.1) is 0 Å². The number of aliphatic hydroxyl groups excluding tert-OH is 1. The minimum atomic E-state index is -3.55. The van der Waals surface area contributed by atoms with Crippen LogP contribution in [0, 0.1) is 0 Å². The van der Waals surface area contributed by atoms with Crippen molar-refractivity contribution >= 4 is 15.7 Å². The fraction of sp³-hybridized carbons (Fsp3) is 0.538. The van der Waals surface area contributed by atoms with Gasteiger partial charge >= 0.3 is 0 Å². The molecule has 0 saturated carbocycles. The number of anilines is 1. The van der Waals surface area contributed by atoms with E-state index in [0.717, 1.165) is 5.56 Å². The predicted octanol–water partition coefficient (Wildman–Crippen LogP) is 1.22.